The third-order valence-corrected chi connectivity index (χ3v) is 3.21. The Kier molecular flexibility index (Phi) is 3.30. The van der Waals surface area contributed by atoms with Crippen LogP contribution < -0.4 is 4.90 Å². The number of aromatic carboxylic acids is 1. The number of carboxylic acids is 1. The number of morpholine rings is 1. The second-order valence-electron chi connectivity index (χ2n) is 5.34. The summed E-state index contributed by atoms with van der Waals surface area (Å²) in [6.07, 6.45) is 0. The lowest BCUT2D eigenvalue weighted by Crippen LogP contribution is -2.48. The Morgan fingerprint density at radius 3 is 2.72 bits per heavy atom. The van der Waals surface area contributed by atoms with Gasteiger partial charge in [0.15, 0.2) is 0 Å². The van der Waals surface area contributed by atoms with Crippen LogP contribution in [0.5, 0.6) is 0 Å². The first kappa shape index (κ1) is 12.9. The highest BCUT2D eigenvalue weighted by Gasteiger charge is 2.28. The van der Waals surface area contributed by atoms with Crippen LogP contribution in [0.3, 0.4) is 0 Å². The number of nitrogens with zero attached hydrogens (tertiary/aromatic N) is 1. The lowest BCUT2D eigenvalue weighted by atomic mass is 10.0. The van der Waals surface area contributed by atoms with Crippen LogP contribution in [-0.2, 0) is 4.74 Å². The molecule has 1 aromatic rings. The number of anilines is 1. The molecule has 18 heavy (non-hydrogen) atoms. The Balaban J connectivity index is 2.26. The first-order valence-electron chi connectivity index (χ1n) is 6.12. The third-order valence-electron chi connectivity index (χ3n) is 3.21. The van der Waals surface area contributed by atoms with Gasteiger partial charge in [-0.15, -0.1) is 0 Å². The fourth-order valence-electron chi connectivity index (χ4n) is 2.37. The summed E-state index contributed by atoms with van der Waals surface area (Å²) in [5, 5.41) is 8.96. The highest BCUT2D eigenvalue weighted by molar-refractivity contribution is 5.88. The molecular formula is C14H19NO3. The zero-order valence-corrected chi connectivity index (χ0v) is 11.1. The maximum Gasteiger partial charge on any atom is 0.335 e. The van der Waals surface area contributed by atoms with E-state index in [0.29, 0.717) is 12.2 Å². The quantitative estimate of drug-likeness (QED) is 0.873. The molecule has 0 aliphatic carbocycles. The van der Waals surface area contributed by atoms with Crippen LogP contribution in [0, 0.1) is 6.92 Å². The zero-order chi connectivity index (χ0) is 13.3. The first-order valence-corrected chi connectivity index (χ1v) is 6.12. The maximum atomic E-state index is 10.9. The van der Waals surface area contributed by atoms with Crippen molar-refractivity contribution in [1.82, 2.24) is 0 Å². The molecule has 0 amide bonds. The van der Waals surface area contributed by atoms with Crippen LogP contribution >= 0.6 is 0 Å². The van der Waals surface area contributed by atoms with Gasteiger partial charge >= 0.3 is 5.97 Å². The van der Waals surface area contributed by atoms with Crippen molar-refractivity contribution in [3.8, 4) is 0 Å². The second-order valence-corrected chi connectivity index (χ2v) is 5.34. The molecule has 0 atom stereocenters. The van der Waals surface area contributed by atoms with E-state index < -0.39 is 5.97 Å². The van der Waals surface area contributed by atoms with Gasteiger partial charge in [0.05, 0.1) is 17.8 Å². The van der Waals surface area contributed by atoms with E-state index in [-0.39, 0.29) is 5.60 Å². The SMILES string of the molecule is Cc1cc(C(=O)O)ccc1N1CCOC(C)(C)C1. The average molecular weight is 249 g/mol. The van der Waals surface area contributed by atoms with E-state index in [4.69, 9.17) is 9.84 Å². The number of hydrogen-bond acceptors (Lipinski definition) is 3. The highest BCUT2D eigenvalue weighted by atomic mass is 16.5. The molecule has 4 heteroatoms. The summed E-state index contributed by atoms with van der Waals surface area (Å²) in [5.74, 6) is -0.882. The molecule has 0 radical (unpaired) electrons. The average Bonchev–Trinajstić information content (AvgIpc) is 2.27. The van der Waals surface area contributed by atoms with Crippen molar-refractivity contribution in [2.75, 3.05) is 24.6 Å². The van der Waals surface area contributed by atoms with Crippen LogP contribution in [0.4, 0.5) is 5.69 Å². The third kappa shape index (κ3) is 2.64. The molecule has 1 saturated heterocycles. The Morgan fingerprint density at radius 1 is 1.44 bits per heavy atom. The van der Waals surface area contributed by atoms with Crippen LogP contribution in [0.15, 0.2) is 18.2 Å². The van der Waals surface area contributed by atoms with E-state index in [0.717, 1.165) is 24.3 Å². The Hall–Kier alpha value is -1.55. The molecule has 0 aromatic heterocycles. The van der Waals surface area contributed by atoms with Crippen LogP contribution in [0.25, 0.3) is 0 Å². The standard InChI is InChI=1S/C14H19NO3/c1-10-8-11(13(16)17)4-5-12(10)15-6-7-18-14(2,3)9-15/h4-5,8H,6-7,9H2,1-3H3,(H,16,17). The van der Waals surface area contributed by atoms with Gasteiger partial charge < -0.3 is 14.7 Å². The molecule has 1 heterocycles. The van der Waals surface area contributed by atoms with Gasteiger partial charge in [-0.2, -0.15) is 0 Å². The molecule has 98 valence electrons. The topological polar surface area (TPSA) is 49.8 Å². The lowest BCUT2D eigenvalue weighted by molar-refractivity contribution is -0.0277. The van der Waals surface area contributed by atoms with Crippen LogP contribution in [-0.4, -0.2) is 36.4 Å². The minimum Gasteiger partial charge on any atom is -0.478 e. The lowest BCUT2D eigenvalue weighted by Gasteiger charge is -2.40. The predicted octanol–water partition coefficient (Wildman–Crippen LogP) is 2.31. The summed E-state index contributed by atoms with van der Waals surface area (Å²) < 4.78 is 5.68. The van der Waals surface area contributed by atoms with Crippen molar-refractivity contribution in [2.45, 2.75) is 26.4 Å². The molecule has 0 saturated carbocycles. The largest absolute Gasteiger partial charge is 0.478 e. The minimum atomic E-state index is -0.882. The number of rotatable bonds is 2. The van der Waals surface area contributed by atoms with Crippen LogP contribution in [0.1, 0.15) is 29.8 Å². The van der Waals surface area contributed by atoms with E-state index in [1.165, 1.54) is 0 Å². The molecule has 0 unspecified atom stereocenters. The van der Waals surface area contributed by atoms with Crippen molar-refractivity contribution in [3.63, 3.8) is 0 Å². The molecule has 0 bridgehead atoms. The van der Waals surface area contributed by atoms with E-state index in [1.807, 2.05) is 13.0 Å². The molecule has 1 aromatic carbocycles. The summed E-state index contributed by atoms with van der Waals surface area (Å²) in [4.78, 5) is 13.2. The monoisotopic (exact) mass is 249 g/mol. The molecule has 2 rings (SSSR count). The summed E-state index contributed by atoms with van der Waals surface area (Å²) >= 11 is 0. The number of benzene rings is 1. The minimum absolute atomic E-state index is 0.157. The molecule has 1 N–H and O–H groups in total. The maximum absolute atomic E-state index is 10.9. The fraction of sp³-hybridized carbons (Fsp3) is 0.500. The highest BCUT2D eigenvalue weighted by Crippen LogP contribution is 2.26. The smallest absolute Gasteiger partial charge is 0.335 e. The van der Waals surface area contributed by atoms with Crippen molar-refractivity contribution >= 4 is 11.7 Å². The summed E-state index contributed by atoms with van der Waals surface area (Å²) in [6.45, 7) is 8.45. The molecule has 1 aliphatic heterocycles. The second kappa shape index (κ2) is 4.61. The van der Waals surface area contributed by atoms with Crippen LogP contribution in [0.2, 0.25) is 0 Å². The van der Waals surface area contributed by atoms with E-state index in [1.54, 1.807) is 12.1 Å². The normalized spacial score (nSPS) is 18.7. The summed E-state index contributed by atoms with van der Waals surface area (Å²) in [6, 6.07) is 5.27. The van der Waals surface area contributed by atoms with E-state index in [9.17, 15) is 4.79 Å². The first-order chi connectivity index (χ1) is 8.39. The van der Waals surface area contributed by atoms with Gasteiger partial charge in [-0.05, 0) is 44.5 Å². The fourth-order valence-corrected chi connectivity index (χ4v) is 2.37. The van der Waals surface area contributed by atoms with Gasteiger partial charge in [0.1, 0.15) is 0 Å². The van der Waals surface area contributed by atoms with E-state index in [2.05, 4.69) is 18.7 Å². The van der Waals surface area contributed by atoms with Gasteiger partial charge in [0, 0.05) is 18.8 Å². The Labute approximate surface area is 107 Å². The Morgan fingerprint density at radius 2 is 2.17 bits per heavy atom. The molecule has 1 aliphatic rings. The summed E-state index contributed by atoms with van der Waals surface area (Å²) in [5.41, 5.74) is 2.27. The molecule has 0 spiro atoms. The van der Waals surface area contributed by atoms with Gasteiger partial charge in [-0.25, -0.2) is 4.79 Å². The number of aryl methyl sites for hydroxylation is 1. The molecule has 4 nitrogen and oxygen atoms in total. The van der Waals surface area contributed by atoms with Crippen molar-refractivity contribution in [3.05, 3.63) is 29.3 Å². The number of carbonyl (C=O) groups is 1. The summed E-state index contributed by atoms with van der Waals surface area (Å²) in [7, 11) is 0. The number of carboxylic acid groups (broad SMARTS) is 1. The van der Waals surface area contributed by atoms with Crippen molar-refractivity contribution in [1.29, 1.82) is 0 Å². The molecule has 1 fully saturated rings. The van der Waals surface area contributed by atoms with E-state index >= 15 is 0 Å². The van der Waals surface area contributed by atoms with Crippen molar-refractivity contribution in [2.24, 2.45) is 0 Å². The Bertz CT molecular complexity index is 468. The number of ether oxygens (including phenoxy) is 1. The van der Waals surface area contributed by atoms with Gasteiger partial charge in [-0.1, -0.05) is 0 Å². The molecular weight excluding hydrogens is 230 g/mol. The predicted molar refractivity (Wildman–Crippen MR) is 70.4 cm³/mol. The van der Waals surface area contributed by atoms with Crippen molar-refractivity contribution < 1.29 is 14.6 Å². The van der Waals surface area contributed by atoms with Gasteiger partial charge in [-0.3, -0.25) is 0 Å². The van der Waals surface area contributed by atoms with Gasteiger partial charge in [0.2, 0.25) is 0 Å². The number of hydrogen-bond donors (Lipinski definition) is 1. The van der Waals surface area contributed by atoms with Gasteiger partial charge in [0.25, 0.3) is 0 Å². The zero-order valence-electron chi connectivity index (χ0n) is 11.1.